The summed E-state index contributed by atoms with van der Waals surface area (Å²) >= 11 is 1.78. The number of halogens is 2. The van der Waals surface area contributed by atoms with Crippen LogP contribution in [0.4, 0.5) is 4.39 Å². The van der Waals surface area contributed by atoms with Crippen molar-refractivity contribution < 1.29 is 4.39 Å². The molecule has 0 aromatic heterocycles. The van der Waals surface area contributed by atoms with Gasteiger partial charge in [0.05, 0.1) is 6.67 Å². The molecule has 0 heterocycles. The Labute approximate surface area is 114 Å². The molecule has 1 atom stereocenters. The lowest BCUT2D eigenvalue weighted by Crippen LogP contribution is -2.14. The van der Waals surface area contributed by atoms with Crippen molar-refractivity contribution >= 4 is 24.2 Å². The second-order valence-corrected chi connectivity index (χ2v) is 6.71. The van der Waals surface area contributed by atoms with Crippen molar-refractivity contribution in [3.63, 3.8) is 0 Å². The zero-order valence-corrected chi connectivity index (χ0v) is 12.2. The van der Waals surface area contributed by atoms with Gasteiger partial charge in [-0.3, -0.25) is 4.39 Å². The van der Waals surface area contributed by atoms with Crippen LogP contribution in [0.5, 0.6) is 0 Å². The van der Waals surface area contributed by atoms with Crippen molar-refractivity contribution in [2.24, 2.45) is 5.73 Å². The maximum Gasteiger partial charge on any atom is 0.0912 e. The van der Waals surface area contributed by atoms with Crippen LogP contribution < -0.4 is 5.73 Å². The highest BCUT2D eigenvalue weighted by molar-refractivity contribution is 8.00. The van der Waals surface area contributed by atoms with Gasteiger partial charge in [-0.2, -0.15) is 0 Å². The first kappa shape index (κ1) is 16.8. The van der Waals surface area contributed by atoms with Crippen LogP contribution >= 0.6 is 24.2 Å². The first-order valence-electron chi connectivity index (χ1n) is 5.53. The fourth-order valence-corrected chi connectivity index (χ4v) is 2.63. The highest BCUT2D eigenvalue weighted by atomic mass is 35.5. The van der Waals surface area contributed by atoms with Gasteiger partial charge in [-0.1, -0.05) is 39.0 Å². The molecule has 0 fully saturated rings. The molecule has 0 aliphatic rings. The molecule has 0 aliphatic heterocycles. The van der Waals surface area contributed by atoms with E-state index in [4.69, 9.17) is 5.73 Å². The van der Waals surface area contributed by atoms with Crippen molar-refractivity contribution in [3.8, 4) is 0 Å². The van der Waals surface area contributed by atoms with Crippen LogP contribution in [0, 0.1) is 0 Å². The van der Waals surface area contributed by atoms with E-state index >= 15 is 0 Å². The molecule has 2 N–H and O–H groups in total. The van der Waals surface area contributed by atoms with Crippen molar-refractivity contribution in [3.05, 3.63) is 29.8 Å². The zero-order valence-electron chi connectivity index (χ0n) is 10.6. The third kappa shape index (κ3) is 5.75. The first-order chi connectivity index (χ1) is 7.44. The molecule has 17 heavy (non-hydrogen) atoms. The average Bonchev–Trinajstić information content (AvgIpc) is 2.16. The fourth-order valence-electron chi connectivity index (χ4n) is 1.48. The predicted molar refractivity (Wildman–Crippen MR) is 76.8 cm³/mol. The van der Waals surface area contributed by atoms with E-state index in [-0.39, 0.29) is 29.9 Å². The van der Waals surface area contributed by atoms with Crippen molar-refractivity contribution in [1.29, 1.82) is 0 Å². The maximum atomic E-state index is 12.3. The second-order valence-electron chi connectivity index (χ2n) is 4.84. The van der Waals surface area contributed by atoms with Crippen LogP contribution in [0.25, 0.3) is 0 Å². The first-order valence-corrected chi connectivity index (χ1v) is 6.35. The van der Waals surface area contributed by atoms with E-state index < -0.39 is 0 Å². The van der Waals surface area contributed by atoms with Gasteiger partial charge in [0.2, 0.25) is 0 Å². The van der Waals surface area contributed by atoms with Gasteiger partial charge in [-0.25, -0.2) is 0 Å². The topological polar surface area (TPSA) is 26.0 Å². The summed E-state index contributed by atoms with van der Waals surface area (Å²) in [5.74, 6) is 0. The Kier molecular flexibility index (Phi) is 7.14. The molecule has 0 saturated heterocycles. The number of benzene rings is 1. The third-order valence-corrected chi connectivity index (χ3v) is 3.36. The Morgan fingerprint density at radius 1 is 1.29 bits per heavy atom. The third-order valence-electron chi connectivity index (χ3n) is 2.15. The van der Waals surface area contributed by atoms with Crippen molar-refractivity contribution in [2.45, 2.75) is 42.9 Å². The molecule has 0 aliphatic carbocycles. The molecule has 0 bridgehead atoms. The maximum absolute atomic E-state index is 12.3. The quantitative estimate of drug-likeness (QED) is 0.828. The minimum Gasteiger partial charge on any atom is -0.324 e. The summed E-state index contributed by atoms with van der Waals surface area (Å²) in [5, 5.41) is 0. The normalized spacial score (nSPS) is 13.0. The molecule has 1 rings (SSSR count). The lowest BCUT2D eigenvalue weighted by Gasteiger charge is -2.22. The summed E-state index contributed by atoms with van der Waals surface area (Å²) in [4.78, 5) is 1.16. The predicted octanol–water partition coefficient (Wildman–Crippen LogP) is 4.36. The minimum atomic E-state index is -0.365. The summed E-state index contributed by atoms with van der Waals surface area (Å²) < 4.78 is 12.5. The monoisotopic (exact) mass is 277 g/mol. The van der Waals surface area contributed by atoms with E-state index in [9.17, 15) is 4.39 Å². The Bertz CT molecular complexity index is 338. The minimum absolute atomic E-state index is 0. The molecule has 1 aromatic carbocycles. The van der Waals surface area contributed by atoms with Crippen LogP contribution in [0.3, 0.4) is 0 Å². The van der Waals surface area contributed by atoms with E-state index in [1.165, 1.54) is 0 Å². The molecule has 0 amide bonds. The number of rotatable bonds is 4. The zero-order chi connectivity index (χ0) is 12.2. The van der Waals surface area contributed by atoms with E-state index in [1.807, 2.05) is 18.2 Å². The summed E-state index contributed by atoms with van der Waals surface area (Å²) in [7, 11) is 0. The lowest BCUT2D eigenvalue weighted by molar-refractivity contribution is 0.440. The van der Waals surface area contributed by atoms with Crippen molar-refractivity contribution in [1.82, 2.24) is 0 Å². The van der Waals surface area contributed by atoms with Gasteiger partial charge in [-0.15, -0.1) is 24.2 Å². The van der Waals surface area contributed by atoms with Crippen LogP contribution in [0.1, 0.15) is 38.8 Å². The molecule has 0 unspecified atom stereocenters. The van der Waals surface area contributed by atoms with Gasteiger partial charge in [0.1, 0.15) is 0 Å². The van der Waals surface area contributed by atoms with E-state index in [0.717, 1.165) is 10.5 Å². The van der Waals surface area contributed by atoms with Gasteiger partial charge in [-0.05, 0) is 18.1 Å². The summed E-state index contributed by atoms with van der Waals surface area (Å²) in [6.45, 7) is 6.12. The fraction of sp³-hybridized carbons (Fsp3) is 0.538. The van der Waals surface area contributed by atoms with Gasteiger partial charge >= 0.3 is 0 Å². The number of thioether (sulfide) groups is 1. The molecule has 4 heteroatoms. The molecular weight excluding hydrogens is 257 g/mol. The number of nitrogens with two attached hydrogens (primary N) is 1. The average molecular weight is 278 g/mol. The SMILES string of the molecule is CC(C)(C)Sc1ccccc1[C@H](N)CCF.Cl. The molecule has 0 spiro atoms. The Hall–Kier alpha value is -0.250. The Morgan fingerprint density at radius 3 is 2.41 bits per heavy atom. The van der Waals surface area contributed by atoms with Gasteiger partial charge in [0, 0.05) is 15.7 Å². The summed E-state index contributed by atoms with van der Waals surface area (Å²) in [6, 6.07) is 7.81. The summed E-state index contributed by atoms with van der Waals surface area (Å²) in [6.07, 6.45) is 0.391. The highest BCUT2D eigenvalue weighted by Crippen LogP contribution is 2.36. The molecule has 1 nitrogen and oxygen atoms in total. The number of hydrogen-bond acceptors (Lipinski definition) is 2. The highest BCUT2D eigenvalue weighted by Gasteiger charge is 2.17. The van der Waals surface area contributed by atoms with E-state index in [0.29, 0.717) is 6.42 Å². The van der Waals surface area contributed by atoms with Crippen LogP contribution in [-0.4, -0.2) is 11.4 Å². The summed E-state index contributed by atoms with van der Waals surface area (Å²) in [5.41, 5.74) is 7.03. The number of hydrogen-bond donors (Lipinski definition) is 1. The Balaban J connectivity index is 0.00000256. The van der Waals surface area contributed by atoms with E-state index in [1.54, 1.807) is 11.8 Å². The molecule has 0 saturated carbocycles. The Morgan fingerprint density at radius 2 is 1.88 bits per heavy atom. The van der Waals surface area contributed by atoms with E-state index in [2.05, 4.69) is 26.8 Å². The molecule has 98 valence electrons. The largest absolute Gasteiger partial charge is 0.324 e. The molecular formula is C13H21ClFNS. The van der Waals surface area contributed by atoms with Crippen molar-refractivity contribution in [2.75, 3.05) is 6.67 Å². The lowest BCUT2D eigenvalue weighted by atomic mass is 10.1. The van der Waals surface area contributed by atoms with Crippen LogP contribution in [0.15, 0.2) is 29.2 Å². The number of alkyl halides is 1. The van der Waals surface area contributed by atoms with Crippen LogP contribution in [0.2, 0.25) is 0 Å². The second kappa shape index (κ2) is 7.24. The van der Waals surface area contributed by atoms with Crippen LogP contribution in [-0.2, 0) is 0 Å². The van der Waals surface area contributed by atoms with Gasteiger partial charge in [0.25, 0.3) is 0 Å². The standard InChI is InChI=1S/C13H20FNS.ClH/c1-13(2,3)16-12-7-5-4-6-10(12)11(15)8-9-14;/h4-7,11H,8-9,15H2,1-3H3;1H/t11-;/m1./s1. The smallest absolute Gasteiger partial charge is 0.0912 e. The van der Waals surface area contributed by atoms with Gasteiger partial charge < -0.3 is 5.73 Å². The molecule has 1 aromatic rings. The molecule has 0 radical (unpaired) electrons. The van der Waals surface area contributed by atoms with Gasteiger partial charge in [0.15, 0.2) is 0 Å².